The molecule has 0 aliphatic heterocycles. The van der Waals surface area contributed by atoms with Gasteiger partial charge in [-0.2, -0.15) is 4.31 Å². The molecule has 0 bridgehead atoms. The molecule has 0 aromatic carbocycles. The van der Waals surface area contributed by atoms with E-state index in [-0.39, 0.29) is 13.2 Å². The lowest BCUT2D eigenvalue weighted by atomic mass is 10.1. The Balaban J connectivity index is 3.65. The van der Waals surface area contributed by atoms with Crippen molar-refractivity contribution in [2.75, 3.05) is 13.2 Å². The van der Waals surface area contributed by atoms with Crippen molar-refractivity contribution in [2.24, 2.45) is 0 Å². The highest BCUT2D eigenvalue weighted by atomic mass is 31.3. The number of phosphoric acid groups is 2. The summed E-state index contributed by atoms with van der Waals surface area (Å²) in [6, 6.07) is 0. The molecule has 0 amide bonds. The molecule has 0 aliphatic carbocycles. The lowest BCUT2D eigenvalue weighted by Gasteiger charge is -2.16. The first kappa shape index (κ1) is 33.3. The van der Waals surface area contributed by atoms with E-state index in [4.69, 9.17) is 9.05 Å². The topological polar surface area (TPSA) is 102 Å². The average Bonchev–Trinajstić information content (AvgIpc) is 2.75. The molecule has 2 atom stereocenters. The van der Waals surface area contributed by atoms with Crippen molar-refractivity contribution in [2.45, 2.75) is 142 Å². The van der Waals surface area contributed by atoms with Crippen LogP contribution in [0, 0.1) is 0 Å². The molecule has 0 aliphatic rings. The quantitative estimate of drug-likeness (QED) is 0.0876. The van der Waals surface area contributed by atoms with Gasteiger partial charge in [0.05, 0.1) is 13.2 Å². The van der Waals surface area contributed by atoms with Gasteiger partial charge in [0.1, 0.15) is 0 Å². The van der Waals surface area contributed by atoms with Crippen LogP contribution in [-0.4, -0.2) is 23.0 Å². The summed E-state index contributed by atoms with van der Waals surface area (Å²) in [4.78, 5) is 19.3. The molecule has 0 rings (SSSR count). The Kier molecular flexibility index (Phi) is 22.9. The summed E-state index contributed by atoms with van der Waals surface area (Å²) in [5, 5.41) is 0. The highest BCUT2D eigenvalue weighted by Crippen LogP contribution is 2.60. The Hall–Kier alpha value is 0.260. The van der Waals surface area contributed by atoms with Crippen molar-refractivity contribution in [1.29, 1.82) is 0 Å². The molecule has 7 nitrogen and oxygen atoms in total. The minimum absolute atomic E-state index is 0.0166. The van der Waals surface area contributed by atoms with Crippen molar-refractivity contribution in [1.82, 2.24) is 0 Å². The van der Waals surface area contributed by atoms with Gasteiger partial charge in [0.25, 0.3) is 0 Å². The summed E-state index contributed by atoms with van der Waals surface area (Å²) >= 11 is 0. The molecule has 33 heavy (non-hydrogen) atoms. The Bertz CT molecular complexity index is 473. The number of unbranched alkanes of at least 4 members (excludes halogenated alkanes) is 18. The summed E-state index contributed by atoms with van der Waals surface area (Å²) in [5.74, 6) is 0. The van der Waals surface area contributed by atoms with Gasteiger partial charge in [-0.05, 0) is 12.8 Å². The van der Waals surface area contributed by atoms with E-state index in [0.717, 1.165) is 38.5 Å². The third kappa shape index (κ3) is 25.2. The van der Waals surface area contributed by atoms with Gasteiger partial charge >= 0.3 is 15.6 Å². The van der Waals surface area contributed by atoms with Gasteiger partial charge in [-0.25, -0.2) is 9.13 Å². The van der Waals surface area contributed by atoms with Gasteiger partial charge in [0.15, 0.2) is 0 Å². The second kappa shape index (κ2) is 22.7. The maximum Gasteiger partial charge on any atom is 0.481 e. The van der Waals surface area contributed by atoms with Crippen molar-refractivity contribution in [3.63, 3.8) is 0 Å². The minimum Gasteiger partial charge on any atom is -0.302 e. The molecule has 0 aromatic heterocycles. The molecular formula is C24H52O7P2. The summed E-state index contributed by atoms with van der Waals surface area (Å²) in [6.45, 7) is 4.46. The molecule has 2 N–H and O–H groups in total. The van der Waals surface area contributed by atoms with Crippen molar-refractivity contribution < 1.29 is 32.3 Å². The van der Waals surface area contributed by atoms with Gasteiger partial charge in [-0.15, -0.1) is 0 Å². The Labute approximate surface area is 203 Å². The molecule has 0 saturated carbocycles. The normalized spacial score (nSPS) is 15.4. The van der Waals surface area contributed by atoms with Crippen LogP contribution < -0.4 is 0 Å². The third-order valence-electron chi connectivity index (χ3n) is 5.71. The van der Waals surface area contributed by atoms with Crippen molar-refractivity contribution in [3.05, 3.63) is 0 Å². The van der Waals surface area contributed by atoms with Crippen LogP contribution in [0.1, 0.15) is 142 Å². The summed E-state index contributed by atoms with van der Waals surface area (Å²) in [6.07, 6.45) is 22.7. The fourth-order valence-corrected chi connectivity index (χ4v) is 5.86. The van der Waals surface area contributed by atoms with Crippen LogP contribution in [0.15, 0.2) is 0 Å². The van der Waals surface area contributed by atoms with E-state index in [0.29, 0.717) is 12.8 Å². The lowest BCUT2D eigenvalue weighted by molar-refractivity contribution is 0.151. The maximum absolute atomic E-state index is 11.9. The number of rotatable bonds is 26. The number of hydrogen-bond donors (Lipinski definition) is 2. The monoisotopic (exact) mass is 514 g/mol. The Morgan fingerprint density at radius 3 is 0.970 bits per heavy atom. The van der Waals surface area contributed by atoms with Crippen LogP contribution in [0.25, 0.3) is 0 Å². The molecule has 0 aromatic rings. The predicted octanol–water partition coefficient (Wildman–Crippen LogP) is 9.08. The minimum atomic E-state index is -4.61. The van der Waals surface area contributed by atoms with Crippen molar-refractivity contribution in [3.8, 4) is 0 Å². The highest BCUT2D eigenvalue weighted by Gasteiger charge is 2.34. The largest absolute Gasteiger partial charge is 0.481 e. The second-order valence-electron chi connectivity index (χ2n) is 9.05. The summed E-state index contributed by atoms with van der Waals surface area (Å²) in [5.41, 5.74) is 0. The zero-order chi connectivity index (χ0) is 24.7. The molecule has 2 unspecified atom stereocenters. The van der Waals surface area contributed by atoms with Gasteiger partial charge in [-0.1, -0.05) is 129 Å². The molecule has 0 radical (unpaired) electrons. The van der Waals surface area contributed by atoms with Gasteiger partial charge in [0.2, 0.25) is 0 Å². The fourth-order valence-electron chi connectivity index (χ4n) is 3.72. The fraction of sp³-hybridized carbons (Fsp3) is 1.00. The standard InChI is InChI=1S/C24H52O7P2/c1-3-5-7-9-11-13-15-17-19-21-23-29-32(25,26)31-33(27,28)30-24-22-20-18-16-14-12-10-8-6-4-2/h3-24H2,1-2H3,(H,25,26)(H,27,28). The maximum atomic E-state index is 11.9. The van der Waals surface area contributed by atoms with Gasteiger partial charge in [0, 0.05) is 0 Å². The second-order valence-corrected chi connectivity index (χ2v) is 12.1. The average molecular weight is 515 g/mol. The van der Waals surface area contributed by atoms with E-state index in [2.05, 4.69) is 18.2 Å². The molecule has 9 heteroatoms. The zero-order valence-corrected chi connectivity index (χ0v) is 23.2. The molecule has 0 heterocycles. The molecule has 0 saturated heterocycles. The first-order valence-corrected chi connectivity index (χ1v) is 16.5. The zero-order valence-electron chi connectivity index (χ0n) is 21.4. The molecule has 200 valence electrons. The molecule has 0 fully saturated rings. The van der Waals surface area contributed by atoms with E-state index in [1.54, 1.807) is 0 Å². The van der Waals surface area contributed by atoms with Crippen LogP contribution in [0.2, 0.25) is 0 Å². The van der Waals surface area contributed by atoms with Crippen molar-refractivity contribution >= 4 is 15.6 Å². The van der Waals surface area contributed by atoms with E-state index in [9.17, 15) is 18.9 Å². The van der Waals surface area contributed by atoms with Crippen LogP contribution in [0.5, 0.6) is 0 Å². The SMILES string of the molecule is CCCCCCCCCCCCOP(=O)(O)OP(=O)(O)OCCCCCCCCCCCC. The van der Waals surface area contributed by atoms with Gasteiger partial charge < -0.3 is 9.79 Å². The summed E-state index contributed by atoms with van der Waals surface area (Å²) in [7, 11) is -9.22. The van der Waals surface area contributed by atoms with Crippen LogP contribution >= 0.6 is 15.6 Å². The summed E-state index contributed by atoms with van der Waals surface area (Å²) < 4.78 is 37.8. The number of hydrogen-bond acceptors (Lipinski definition) is 5. The van der Waals surface area contributed by atoms with E-state index in [1.807, 2.05) is 0 Å². The first-order valence-electron chi connectivity index (χ1n) is 13.5. The van der Waals surface area contributed by atoms with E-state index in [1.165, 1.54) is 77.0 Å². The number of phosphoric ester groups is 2. The smallest absolute Gasteiger partial charge is 0.302 e. The lowest BCUT2D eigenvalue weighted by Crippen LogP contribution is -2.00. The van der Waals surface area contributed by atoms with E-state index >= 15 is 0 Å². The third-order valence-corrected chi connectivity index (χ3v) is 8.38. The van der Waals surface area contributed by atoms with Crippen LogP contribution in [0.3, 0.4) is 0 Å². The van der Waals surface area contributed by atoms with Crippen LogP contribution in [-0.2, 0) is 22.5 Å². The first-order chi connectivity index (χ1) is 15.8. The van der Waals surface area contributed by atoms with E-state index < -0.39 is 15.6 Å². The van der Waals surface area contributed by atoms with Crippen LogP contribution in [0.4, 0.5) is 0 Å². The van der Waals surface area contributed by atoms with Gasteiger partial charge in [-0.3, -0.25) is 9.05 Å². The highest BCUT2D eigenvalue weighted by molar-refractivity contribution is 7.61. The molecular weight excluding hydrogens is 462 g/mol. The molecule has 0 spiro atoms. The Morgan fingerprint density at radius 1 is 0.455 bits per heavy atom. The predicted molar refractivity (Wildman–Crippen MR) is 136 cm³/mol. The Morgan fingerprint density at radius 2 is 0.697 bits per heavy atom.